The van der Waals surface area contributed by atoms with Gasteiger partial charge in [-0.2, -0.15) is 0 Å². The van der Waals surface area contributed by atoms with Crippen molar-refractivity contribution in [2.24, 2.45) is 10.4 Å². The minimum Gasteiger partial charge on any atom is -0.399 e. The van der Waals surface area contributed by atoms with Crippen molar-refractivity contribution in [3.05, 3.63) is 82.1 Å². The lowest BCUT2D eigenvalue weighted by Gasteiger charge is -2.02. The highest BCUT2D eigenvalue weighted by Gasteiger charge is 1.99. The Morgan fingerprint density at radius 2 is 1.16 bits per heavy atom. The molecule has 6 nitrogen and oxygen atoms in total. The molecule has 0 atom stereocenters. The van der Waals surface area contributed by atoms with E-state index in [2.05, 4.69) is 10.4 Å². The number of benzene rings is 3. The molecule has 0 fully saturated rings. The molecule has 4 N–H and O–H groups in total. The van der Waals surface area contributed by atoms with E-state index in [0.29, 0.717) is 0 Å². The summed E-state index contributed by atoms with van der Waals surface area (Å²) in [4.78, 5) is 20.1. The summed E-state index contributed by atoms with van der Waals surface area (Å²) in [6.45, 7) is 1.74. The summed E-state index contributed by atoms with van der Waals surface area (Å²) in [6.07, 6.45) is 0. The largest absolute Gasteiger partial charge is 0.399 e. The summed E-state index contributed by atoms with van der Waals surface area (Å²) in [5, 5.41) is 5.40. The Morgan fingerprint density at radius 1 is 0.680 bits per heavy atom. The molecule has 3 rings (SSSR count). The quantitative estimate of drug-likeness (QED) is 0.499. The van der Waals surface area contributed by atoms with Crippen molar-refractivity contribution in [1.82, 2.24) is 0 Å². The Bertz CT molecular complexity index is 816. The summed E-state index contributed by atoms with van der Waals surface area (Å²) in [5.74, 6) is 0. The van der Waals surface area contributed by atoms with Crippen LogP contribution in [0.1, 0.15) is 5.56 Å². The molecular formula is C19H18N4O2. The summed E-state index contributed by atoms with van der Waals surface area (Å²) in [7, 11) is 0. The summed E-state index contributed by atoms with van der Waals surface area (Å²) < 4.78 is 0. The summed E-state index contributed by atoms with van der Waals surface area (Å²) in [5.41, 5.74) is 16.3. The van der Waals surface area contributed by atoms with E-state index in [1.54, 1.807) is 13.0 Å². The van der Waals surface area contributed by atoms with Crippen LogP contribution >= 0.6 is 0 Å². The molecule has 3 aromatic carbocycles. The second-order valence-corrected chi connectivity index (χ2v) is 5.40. The first-order valence-electron chi connectivity index (χ1n) is 7.52. The first-order valence-corrected chi connectivity index (χ1v) is 7.52. The van der Waals surface area contributed by atoms with Crippen LogP contribution in [0.2, 0.25) is 0 Å². The third-order valence-corrected chi connectivity index (χ3v) is 3.55. The van der Waals surface area contributed by atoms with Crippen molar-refractivity contribution < 1.29 is 0 Å². The number of nitrogen functional groups attached to an aromatic ring is 2. The summed E-state index contributed by atoms with van der Waals surface area (Å²) in [6, 6.07) is 20.1. The van der Waals surface area contributed by atoms with E-state index in [4.69, 9.17) is 11.5 Å². The van der Waals surface area contributed by atoms with Gasteiger partial charge in [-0.1, -0.05) is 30.3 Å². The van der Waals surface area contributed by atoms with Crippen LogP contribution in [0.5, 0.6) is 0 Å². The van der Waals surface area contributed by atoms with Crippen LogP contribution in [0.3, 0.4) is 0 Å². The fraction of sp³-hybridized carbons (Fsp3) is 0.0526. The van der Waals surface area contributed by atoms with Crippen molar-refractivity contribution in [2.45, 2.75) is 6.92 Å². The fourth-order valence-corrected chi connectivity index (χ4v) is 2.10. The van der Waals surface area contributed by atoms with E-state index in [9.17, 15) is 9.81 Å². The molecule has 0 heterocycles. The van der Waals surface area contributed by atoms with Crippen LogP contribution in [0.15, 0.2) is 77.1 Å². The Balaban J connectivity index is 0.000000186. The van der Waals surface area contributed by atoms with E-state index in [0.717, 1.165) is 28.1 Å². The molecule has 0 aromatic heterocycles. The minimum absolute atomic E-state index is 0.227. The Morgan fingerprint density at radius 3 is 1.56 bits per heavy atom. The summed E-state index contributed by atoms with van der Waals surface area (Å²) >= 11 is 0. The normalized spacial score (nSPS) is 9.64. The number of hydrogen-bond donors (Lipinski definition) is 2. The molecule has 0 aliphatic rings. The Kier molecular flexibility index (Phi) is 5.95. The van der Waals surface area contributed by atoms with Gasteiger partial charge in [0.2, 0.25) is 0 Å². The highest BCUT2D eigenvalue weighted by molar-refractivity contribution is 5.67. The van der Waals surface area contributed by atoms with Gasteiger partial charge in [0, 0.05) is 11.4 Å². The van der Waals surface area contributed by atoms with Crippen molar-refractivity contribution in [3.63, 3.8) is 0 Å². The molecule has 0 amide bonds. The molecule has 0 bridgehead atoms. The zero-order valence-corrected chi connectivity index (χ0v) is 13.7. The predicted octanol–water partition coefficient (Wildman–Crippen LogP) is 5.31. The van der Waals surface area contributed by atoms with Crippen LogP contribution in [0.4, 0.5) is 22.7 Å². The van der Waals surface area contributed by atoms with E-state index in [-0.39, 0.29) is 11.4 Å². The van der Waals surface area contributed by atoms with Crippen molar-refractivity contribution >= 4 is 22.7 Å². The number of nitroso groups, excluding NO2 is 2. The van der Waals surface area contributed by atoms with Gasteiger partial charge in [-0.25, -0.2) is 0 Å². The van der Waals surface area contributed by atoms with Crippen LogP contribution < -0.4 is 11.5 Å². The number of nitrogens with two attached hydrogens (primary N) is 2. The van der Waals surface area contributed by atoms with Crippen LogP contribution in [-0.2, 0) is 0 Å². The van der Waals surface area contributed by atoms with Gasteiger partial charge in [0.15, 0.2) is 0 Å². The lowest BCUT2D eigenvalue weighted by molar-refractivity contribution is 1.36. The van der Waals surface area contributed by atoms with Gasteiger partial charge in [0.25, 0.3) is 0 Å². The Hall–Kier alpha value is -3.54. The van der Waals surface area contributed by atoms with E-state index in [1.807, 2.05) is 48.5 Å². The van der Waals surface area contributed by atoms with Gasteiger partial charge >= 0.3 is 0 Å². The maximum atomic E-state index is 10.1. The highest BCUT2D eigenvalue weighted by Crippen LogP contribution is 2.24. The number of hydrogen-bond acceptors (Lipinski definition) is 6. The monoisotopic (exact) mass is 334 g/mol. The molecule has 0 saturated heterocycles. The number of aryl methyl sites for hydroxylation is 1. The average Bonchev–Trinajstić information content (AvgIpc) is 2.64. The van der Waals surface area contributed by atoms with Crippen LogP contribution in [0, 0.1) is 16.7 Å². The molecule has 0 spiro atoms. The van der Waals surface area contributed by atoms with Crippen molar-refractivity contribution in [3.8, 4) is 11.1 Å². The third-order valence-electron chi connectivity index (χ3n) is 3.55. The molecule has 0 unspecified atom stereocenters. The van der Waals surface area contributed by atoms with E-state index in [1.165, 1.54) is 12.1 Å². The van der Waals surface area contributed by atoms with E-state index >= 15 is 0 Å². The second kappa shape index (κ2) is 8.35. The van der Waals surface area contributed by atoms with E-state index < -0.39 is 0 Å². The minimum atomic E-state index is 0.227. The van der Waals surface area contributed by atoms with Crippen LogP contribution in [-0.4, -0.2) is 0 Å². The Labute approximate surface area is 145 Å². The number of nitrogens with zero attached hydrogens (tertiary/aromatic N) is 2. The zero-order chi connectivity index (χ0) is 18.2. The lowest BCUT2D eigenvalue weighted by atomic mass is 10.1. The lowest BCUT2D eigenvalue weighted by Crippen LogP contribution is -1.85. The number of anilines is 2. The highest BCUT2D eigenvalue weighted by atomic mass is 16.3. The van der Waals surface area contributed by atoms with Gasteiger partial charge in [-0.15, -0.1) is 9.81 Å². The maximum absolute atomic E-state index is 10.1. The first-order chi connectivity index (χ1) is 12.0. The van der Waals surface area contributed by atoms with Gasteiger partial charge in [0.1, 0.15) is 11.4 Å². The molecular weight excluding hydrogens is 316 g/mol. The van der Waals surface area contributed by atoms with Crippen LogP contribution in [0.25, 0.3) is 11.1 Å². The fourth-order valence-electron chi connectivity index (χ4n) is 2.10. The molecule has 126 valence electrons. The van der Waals surface area contributed by atoms with Gasteiger partial charge in [-0.05, 0) is 70.4 Å². The van der Waals surface area contributed by atoms with Crippen molar-refractivity contribution in [2.75, 3.05) is 11.5 Å². The van der Waals surface area contributed by atoms with Gasteiger partial charge in [0.05, 0.1) is 0 Å². The molecule has 25 heavy (non-hydrogen) atoms. The average molecular weight is 334 g/mol. The van der Waals surface area contributed by atoms with Crippen molar-refractivity contribution in [1.29, 1.82) is 0 Å². The van der Waals surface area contributed by atoms with Gasteiger partial charge < -0.3 is 11.5 Å². The number of rotatable bonds is 3. The zero-order valence-electron chi connectivity index (χ0n) is 13.7. The smallest absolute Gasteiger partial charge is 0.113 e. The SMILES string of the molecule is Cc1ccc(N=O)cc1N=O.Nc1ccc(-c2ccc(N)cc2)cc1. The molecule has 6 heteroatoms. The molecule has 0 aliphatic carbocycles. The molecule has 0 aliphatic heterocycles. The maximum Gasteiger partial charge on any atom is 0.113 e. The van der Waals surface area contributed by atoms with Gasteiger partial charge in [-0.3, -0.25) is 0 Å². The third kappa shape index (κ3) is 4.97. The molecule has 0 radical (unpaired) electrons. The molecule has 0 saturated carbocycles. The molecule has 3 aromatic rings. The second-order valence-electron chi connectivity index (χ2n) is 5.40. The first kappa shape index (κ1) is 17.8. The standard InChI is InChI=1S/C12H12N2.C7H6N2O2/c13-11-5-1-9(2-6-11)10-3-7-12(14)8-4-10;1-5-2-3-6(8-10)4-7(5)9-11/h1-8H,13-14H2;2-4H,1H3. The topological polar surface area (TPSA) is 111 Å². The predicted molar refractivity (Wildman–Crippen MR) is 103 cm³/mol.